The van der Waals surface area contributed by atoms with Crippen molar-refractivity contribution in [3.8, 4) is 0 Å². The Bertz CT molecular complexity index is 342. The molecule has 0 bridgehead atoms. The maximum Gasteiger partial charge on any atom is 0.0759 e. The molecule has 1 rings (SSSR count). The lowest BCUT2D eigenvalue weighted by atomic mass is 10.0. The Morgan fingerprint density at radius 1 is 1.40 bits per heavy atom. The second kappa shape index (κ2) is 4.33. The number of aryl methyl sites for hydroxylation is 2. The molecular formula is C11H21N3O. The lowest BCUT2D eigenvalue weighted by Crippen LogP contribution is -2.35. The summed E-state index contributed by atoms with van der Waals surface area (Å²) in [5, 5.41) is 14.2. The molecule has 1 unspecified atom stereocenters. The van der Waals surface area contributed by atoms with Crippen molar-refractivity contribution in [3.05, 3.63) is 17.0 Å². The third kappa shape index (κ3) is 2.79. The van der Waals surface area contributed by atoms with Crippen LogP contribution in [-0.4, -0.2) is 27.0 Å². The summed E-state index contributed by atoms with van der Waals surface area (Å²) in [6.07, 6.45) is 0.630. The van der Waals surface area contributed by atoms with Crippen molar-refractivity contribution in [2.75, 3.05) is 6.54 Å². The van der Waals surface area contributed by atoms with Crippen LogP contribution in [0.15, 0.2) is 0 Å². The first-order valence-electron chi connectivity index (χ1n) is 5.30. The Kier molecular flexibility index (Phi) is 3.52. The molecule has 0 saturated heterocycles. The Morgan fingerprint density at radius 3 is 2.40 bits per heavy atom. The summed E-state index contributed by atoms with van der Waals surface area (Å²) in [5.41, 5.74) is 8.12. The first-order valence-corrected chi connectivity index (χ1v) is 5.30. The quantitative estimate of drug-likeness (QED) is 0.778. The number of hydrogen-bond acceptors (Lipinski definition) is 3. The molecule has 0 fully saturated rings. The van der Waals surface area contributed by atoms with Crippen LogP contribution in [0.2, 0.25) is 0 Å². The third-order valence-electron chi connectivity index (χ3n) is 3.05. The van der Waals surface area contributed by atoms with Gasteiger partial charge in [-0.2, -0.15) is 5.10 Å². The molecule has 15 heavy (non-hydrogen) atoms. The van der Waals surface area contributed by atoms with Crippen molar-refractivity contribution in [1.82, 2.24) is 9.78 Å². The van der Waals surface area contributed by atoms with Gasteiger partial charge in [0, 0.05) is 18.8 Å². The molecule has 0 aromatic carbocycles. The zero-order chi connectivity index (χ0) is 11.6. The fourth-order valence-corrected chi connectivity index (χ4v) is 1.45. The second-order valence-electron chi connectivity index (χ2n) is 4.47. The lowest BCUT2D eigenvalue weighted by molar-refractivity contribution is 0.0541. The highest BCUT2D eigenvalue weighted by Crippen LogP contribution is 2.14. The molecule has 0 saturated carbocycles. The molecule has 1 atom stereocenters. The van der Waals surface area contributed by atoms with Gasteiger partial charge < -0.3 is 10.8 Å². The summed E-state index contributed by atoms with van der Waals surface area (Å²) in [7, 11) is 0. The van der Waals surface area contributed by atoms with E-state index >= 15 is 0 Å². The average molecular weight is 211 g/mol. The normalized spacial score (nSPS) is 15.3. The van der Waals surface area contributed by atoms with E-state index in [1.54, 1.807) is 6.92 Å². The van der Waals surface area contributed by atoms with Gasteiger partial charge in [0.05, 0.1) is 11.3 Å². The zero-order valence-corrected chi connectivity index (χ0v) is 10.0. The van der Waals surface area contributed by atoms with E-state index < -0.39 is 5.60 Å². The Labute approximate surface area is 91.1 Å². The van der Waals surface area contributed by atoms with Crippen molar-refractivity contribution >= 4 is 0 Å². The van der Waals surface area contributed by atoms with Crippen LogP contribution in [0.4, 0.5) is 0 Å². The van der Waals surface area contributed by atoms with Crippen molar-refractivity contribution < 1.29 is 5.11 Å². The van der Waals surface area contributed by atoms with E-state index in [1.807, 2.05) is 18.5 Å². The summed E-state index contributed by atoms with van der Waals surface area (Å²) in [5.74, 6) is 0. The summed E-state index contributed by atoms with van der Waals surface area (Å²) in [4.78, 5) is 0. The average Bonchev–Trinajstić information content (AvgIpc) is 2.43. The van der Waals surface area contributed by atoms with E-state index in [-0.39, 0.29) is 6.54 Å². The van der Waals surface area contributed by atoms with Gasteiger partial charge in [-0.05, 0) is 39.7 Å². The van der Waals surface area contributed by atoms with Crippen LogP contribution in [0.5, 0.6) is 0 Å². The van der Waals surface area contributed by atoms with Gasteiger partial charge in [0.2, 0.25) is 0 Å². The zero-order valence-electron chi connectivity index (χ0n) is 10.0. The van der Waals surface area contributed by atoms with Gasteiger partial charge >= 0.3 is 0 Å². The Balaban J connectivity index is 2.70. The van der Waals surface area contributed by atoms with E-state index in [1.165, 1.54) is 11.3 Å². The van der Waals surface area contributed by atoms with Gasteiger partial charge in [0.15, 0.2) is 0 Å². The fraction of sp³-hybridized carbons (Fsp3) is 0.727. The highest BCUT2D eigenvalue weighted by molar-refractivity contribution is 5.22. The van der Waals surface area contributed by atoms with Gasteiger partial charge in [-0.1, -0.05) is 0 Å². The van der Waals surface area contributed by atoms with Gasteiger partial charge in [-0.25, -0.2) is 0 Å². The van der Waals surface area contributed by atoms with Crippen LogP contribution in [0.25, 0.3) is 0 Å². The molecule has 4 nitrogen and oxygen atoms in total. The number of aliphatic hydroxyl groups is 1. The molecular weight excluding hydrogens is 190 g/mol. The monoisotopic (exact) mass is 211 g/mol. The number of nitrogens with zero attached hydrogens (tertiary/aromatic N) is 2. The number of rotatable bonds is 4. The van der Waals surface area contributed by atoms with Crippen molar-refractivity contribution in [1.29, 1.82) is 0 Å². The van der Waals surface area contributed by atoms with E-state index in [4.69, 9.17) is 5.73 Å². The molecule has 1 aromatic heterocycles. The maximum atomic E-state index is 9.79. The lowest BCUT2D eigenvalue weighted by Gasteiger charge is -2.20. The topological polar surface area (TPSA) is 64.1 Å². The minimum absolute atomic E-state index is 0.283. The molecule has 86 valence electrons. The molecule has 0 amide bonds. The molecule has 0 aliphatic carbocycles. The highest BCUT2D eigenvalue weighted by Gasteiger charge is 2.18. The van der Waals surface area contributed by atoms with E-state index in [0.29, 0.717) is 13.0 Å². The first kappa shape index (κ1) is 12.2. The predicted molar refractivity (Wildman–Crippen MR) is 60.7 cm³/mol. The van der Waals surface area contributed by atoms with Gasteiger partial charge in [0.25, 0.3) is 0 Å². The second-order valence-corrected chi connectivity index (χ2v) is 4.47. The Hall–Kier alpha value is -0.870. The van der Waals surface area contributed by atoms with E-state index in [2.05, 4.69) is 12.0 Å². The van der Waals surface area contributed by atoms with Crippen molar-refractivity contribution in [2.24, 2.45) is 5.73 Å². The molecule has 3 N–H and O–H groups in total. The summed E-state index contributed by atoms with van der Waals surface area (Å²) in [6, 6.07) is 0. The fourth-order valence-electron chi connectivity index (χ4n) is 1.45. The van der Waals surface area contributed by atoms with E-state index in [9.17, 15) is 5.11 Å². The van der Waals surface area contributed by atoms with Crippen LogP contribution < -0.4 is 5.73 Å². The molecule has 1 heterocycles. The third-order valence-corrected chi connectivity index (χ3v) is 3.05. The van der Waals surface area contributed by atoms with Crippen molar-refractivity contribution in [3.63, 3.8) is 0 Å². The first-order chi connectivity index (χ1) is 6.87. The SMILES string of the molecule is Cc1nn(CCC(C)(O)CN)c(C)c1C. The van der Waals surface area contributed by atoms with E-state index in [0.717, 1.165) is 5.69 Å². The van der Waals surface area contributed by atoms with Crippen molar-refractivity contribution in [2.45, 2.75) is 46.3 Å². The van der Waals surface area contributed by atoms with Gasteiger partial charge in [-0.3, -0.25) is 4.68 Å². The molecule has 0 aliphatic rings. The molecule has 4 heteroatoms. The molecule has 0 radical (unpaired) electrons. The van der Waals surface area contributed by atoms with Gasteiger partial charge in [0.1, 0.15) is 0 Å². The summed E-state index contributed by atoms with van der Waals surface area (Å²) < 4.78 is 1.94. The largest absolute Gasteiger partial charge is 0.389 e. The molecule has 0 spiro atoms. The van der Waals surface area contributed by atoms with Crippen LogP contribution >= 0.6 is 0 Å². The summed E-state index contributed by atoms with van der Waals surface area (Å²) >= 11 is 0. The summed E-state index contributed by atoms with van der Waals surface area (Å²) in [6.45, 7) is 8.86. The van der Waals surface area contributed by atoms with Crippen LogP contribution in [-0.2, 0) is 6.54 Å². The number of aromatic nitrogens is 2. The smallest absolute Gasteiger partial charge is 0.0759 e. The van der Waals surface area contributed by atoms with Crippen LogP contribution in [0.3, 0.4) is 0 Å². The van der Waals surface area contributed by atoms with Crippen LogP contribution in [0.1, 0.15) is 30.3 Å². The van der Waals surface area contributed by atoms with Crippen LogP contribution in [0, 0.1) is 20.8 Å². The standard InChI is InChI=1S/C11H21N3O/c1-8-9(2)13-14(10(8)3)6-5-11(4,15)7-12/h15H,5-7,12H2,1-4H3. The Morgan fingerprint density at radius 2 is 2.00 bits per heavy atom. The number of nitrogens with two attached hydrogens (primary N) is 1. The minimum atomic E-state index is -0.791. The molecule has 0 aliphatic heterocycles. The highest BCUT2D eigenvalue weighted by atomic mass is 16.3. The minimum Gasteiger partial charge on any atom is -0.389 e. The van der Waals surface area contributed by atoms with Gasteiger partial charge in [-0.15, -0.1) is 0 Å². The number of hydrogen-bond donors (Lipinski definition) is 2. The predicted octanol–water partition coefficient (Wildman–Crippen LogP) is 0.908. The molecule has 1 aromatic rings. The maximum absolute atomic E-state index is 9.79.